The van der Waals surface area contributed by atoms with Crippen molar-refractivity contribution in [3.05, 3.63) is 30.2 Å². The van der Waals surface area contributed by atoms with E-state index in [2.05, 4.69) is 23.8 Å². The second-order valence-corrected chi connectivity index (χ2v) is 3.77. The lowest BCUT2D eigenvalue weighted by Gasteiger charge is -2.11. The zero-order valence-corrected chi connectivity index (χ0v) is 9.19. The predicted octanol–water partition coefficient (Wildman–Crippen LogP) is 2.76. The molecule has 0 aliphatic rings. The van der Waals surface area contributed by atoms with Crippen LogP contribution in [0.4, 0.5) is 0 Å². The first-order valence-corrected chi connectivity index (χ1v) is 5.01. The third-order valence-corrected chi connectivity index (χ3v) is 2.42. The number of methoxy groups -OCH3 is 1. The predicted molar refractivity (Wildman–Crippen MR) is 60.2 cm³/mol. The molecule has 0 saturated heterocycles. The molecule has 1 aromatic carbocycles. The number of fused-ring (bicyclic) bond motifs is 1. The summed E-state index contributed by atoms with van der Waals surface area (Å²) in [5, 5.41) is 1.03. The number of rotatable bonds is 2. The van der Waals surface area contributed by atoms with Gasteiger partial charge in [-0.15, -0.1) is 0 Å². The van der Waals surface area contributed by atoms with E-state index < -0.39 is 0 Å². The van der Waals surface area contributed by atoms with Crippen LogP contribution in [0.3, 0.4) is 0 Å². The molecule has 0 unspecified atom stereocenters. The summed E-state index contributed by atoms with van der Waals surface area (Å²) in [5.41, 5.74) is 1.98. The van der Waals surface area contributed by atoms with Crippen molar-refractivity contribution < 1.29 is 4.74 Å². The maximum absolute atomic E-state index is 5.34. The second-order valence-electron chi connectivity index (χ2n) is 3.77. The van der Waals surface area contributed by atoms with Crippen LogP contribution >= 0.6 is 0 Å². The van der Waals surface area contributed by atoms with Gasteiger partial charge in [-0.05, 0) is 18.1 Å². The summed E-state index contributed by atoms with van der Waals surface area (Å²) in [6.07, 6.45) is 1.61. The maximum atomic E-state index is 5.34. The molecule has 78 valence electrons. The van der Waals surface area contributed by atoms with E-state index in [0.717, 1.165) is 22.3 Å². The van der Waals surface area contributed by atoms with Gasteiger partial charge in [0.2, 0.25) is 0 Å². The van der Waals surface area contributed by atoms with Gasteiger partial charge in [0.15, 0.2) is 0 Å². The quantitative estimate of drug-likeness (QED) is 0.751. The van der Waals surface area contributed by atoms with Gasteiger partial charge in [0, 0.05) is 0 Å². The molecule has 1 heterocycles. The molecule has 0 N–H and O–H groups in total. The van der Waals surface area contributed by atoms with Gasteiger partial charge in [-0.2, -0.15) is 0 Å². The van der Waals surface area contributed by atoms with E-state index in [4.69, 9.17) is 4.74 Å². The van der Waals surface area contributed by atoms with E-state index in [1.165, 1.54) is 0 Å². The summed E-state index contributed by atoms with van der Waals surface area (Å²) in [6, 6.07) is 5.86. The van der Waals surface area contributed by atoms with E-state index in [1.54, 1.807) is 13.4 Å². The summed E-state index contributed by atoms with van der Waals surface area (Å²) in [4.78, 5) is 8.57. The molecule has 0 atom stereocenters. The maximum Gasteiger partial charge on any atom is 0.130 e. The van der Waals surface area contributed by atoms with Crippen LogP contribution in [0.15, 0.2) is 24.5 Å². The molecule has 0 spiro atoms. The standard InChI is InChI=1S/C12H14N2O/c1-8(2)12-11-9(13-7-14-12)5-4-6-10(11)15-3/h4-8H,1-3H3. The van der Waals surface area contributed by atoms with Gasteiger partial charge in [-0.3, -0.25) is 0 Å². The van der Waals surface area contributed by atoms with Gasteiger partial charge in [-0.25, -0.2) is 9.97 Å². The highest BCUT2D eigenvalue weighted by Crippen LogP contribution is 2.29. The number of aromatic nitrogens is 2. The Labute approximate surface area is 89.1 Å². The molecule has 0 amide bonds. The summed E-state index contributed by atoms with van der Waals surface area (Å²) in [7, 11) is 1.67. The SMILES string of the molecule is COc1cccc2ncnc(C(C)C)c12. The van der Waals surface area contributed by atoms with Crippen molar-refractivity contribution in [2.45, 2.75) is 19.8 Å². The monoisotopic (exact) mass is 202 g/mol. The van der Waals surface area contributed by atoms with Gasteiger partial charge >= 0.3 is 0 Å². The Hall–Kier alpha value is -1.64. The van der Waals surface area contributed by atoms with Crippen molar-refractivity contribution in [2.24, 2.45) is 0 Å². The molecule has 15 heavy (non-hydrogen) atoms. The van der Waals surface area contributed by atoms with Gasteiger partial charge in [0.1, 0.15) is 12.1 Å². The van der Waals surface area contributed by atoms with Crippen LogP contribution < -0.4 is 4.74 Å². The molecule has 1 aromatic heterocycles. The first kappa shape index (κ1) is 9.90. The third kappa shape index (κ3) is 1.65. The zero-order valence-electron chi connectivity index (χ0n) is 9.19. The van der Waals surface area contributed by atoms with Crippen LogP contribution in [0.1, 0.15) is 25.5 Å². The van der Waals surface area contributed by atoms with Crippen molar-refractivity contribution in [2.75, 3.05) is 7.11 Å². The highest BCUT2D eigenvalue weighted by Gasteiger charge is 2.11. The Morgan fingerprint density at radius 3 is 2.67 bits per heavy atom. The Balaban J connectivity index is 2.81. The molecule has 0 fully saturated rings. The van der Waals surface area contributed by atoms with E-state index in [1.807, 2.05) is 18.2 Å². The van der Waals surface area contributed by atoms with Gasteiger partial charge in [-0.1, -0.05) is 19.9 Å². The minimum atomic E-state index is 0.367. The highest BCUT2D eigenvalue weighted by molar-refractivity contribution is 5.87. The largest absolute Gasteiger partial charge is 0.496 e. The summed E-state index contributed by atoms with van der Waals surface area (Å²) < 4.78 is 5.34. The van der Waals surface area contributed by atoms with E-state index in [9.17, 15) is 0 Å². The molecular formula is C12H14N2O. The van der Waals surface area contributed by atoms with Crippen LogP contribution in [0.5, 0.6) is 5.75 Å². The minimum Gasteiger partial charge on any atom is -0.496 e. The van der Waals surface area contributed by atoms with Gasteiger partial charge in [0.05, 0.1) is 23.7 Å². The minimum absolute atomic E-state index is 0.367. The fourth-order valence-electron chi connectivity index (χ4n) is 1.71. The van der Waals surface area contributed by atoms with Crippen LogP contribution in [0.2, 0.25) is 0 Å². The smallest absolute Gasteiger partial charge is 0.130 e. The Morgan fingerprint density at radius 1 is 1.20 bits per heavy atom. The summed E-state index contributed by atoms with van der Waals surface area (Å²) >= 11 is 0. The topological polar surface area (TPSA) is 35.0 Å². The lowest BCUT2D eigenvalue weighted by molar-refractivity contribution is 0.419. The van der Waals surface area contributed by atoms with Crippen LogP contribution in [-0.2, 0) is 0 Å². The molecule has 3 nitrogen and oxygen atoms in total. The second kappa shape index (κ2) is 3.85. The van der Waals surface area contributed by atoms with Crippen LogP contribution in [0, 0.1) is 0 Å². The van der Waals surface area contributed by atoms with E-state index in [-0.39, 0.29) is 0 Å². The highest BCUT2D eigenvalue weighted by atomic mass is 16.5. The van der Waals surface area contributed by atoms with Crippen molar-refractivity contribution >= 4 is 10.9 Å². The zero-order chi connectivity index (χ0) is 10.8. The number of hydrogen-bond acceptors (Lipinski definition) is 3. The number of benzene rings is 1. The number of hydrogen-bond donors (Lipinski definition) is 0. The van der Waals surface area contributed by atoms with Crippen molar-refractivity contribution in [1.82, 2.24) is 9.97 Å². The summed E-state index contributed by atoms with van der Waals surface area (Å²) in [5.74, 6) is 1.21. The molecule has 2 rings (SSSR count). The van der Waals surface area contributed by atoms with Crippen molar-refractivity contribution in [1.29, 1.82) is 0 Å². The average Bonchev–Trinajstić information content (AvgIpc) is 2.27. The Morgan fingerprint density at radius 2 is 2.00 bits per heavy atom. The van der Waals surface area contributed by atoms with E-state index >= 15 is 0 Å². The number of ether oxygens (including phenoxy) is 1. The lowest BCUT2D eigenvalue weighted by Crippen LogP contribution is -1.97. The third-order valence-electron chi connectivity index (χ3n) is 2.42. The normalized spacial score (nSPS) is 10.9. The molecule has 0 aliphatic carbocycles. The van der Waals surface area contributed by atoms with E-state index in [0.29, 0.717) is 5.92 Å². The van der Waals surface area contributed by atoms with Gasteiger partial charge < -0.3 is 4.74 Å². The average molecular weight is 202 g/mol. The van der Waals surface area contributed by atoms with Gasteiger partial charge in [0.25, 0.3) is 0 Å². The molecular weight excluding hydrogens is 188 g/mol. The number of nitrogens with zero attached hydrogens (tertiary/aromatic N) is 2. The molecule has 0 aliphatic heterocycles. The van der Waals surface area contributed by atoms with Crippen LogP contribution in [-0.4, -0.2) is 17.1 Å². The Bertz CT molecular complexity index is 475. The first-order valence-electron chi connectivity index (χ1n) is 5.01. The van der Waals surface area contributed by atoms with Crippen molar-refractivity contribution in [3.63, 3.8) is 0 Å². The fraction of sp³-hybridized carbons (Fsp3) is 0.333. The Kier molecular flexibility index (Phi) is 2.54. The van der Waals surface area contributed by atoms with Crippen molar-refractivity contribution in [3.8, 4) is 5.75 Å². The molecule has 3 heteroatoms. The molecule has 2 aromatic rings. The fourth-order valence-corrected chi connectivity index (χ4v) is 1.71. The lowest BCUT2D eigenvalue weighted by atomic mass is 10.0. The first-order chi connectivity index (χ1) is 7.24. The van der Waals surface area contributed by atoms with Crippen LogP contribution in [0.25, 0.3) is 10.9 Å². The molecule has 0 saturated carbocycles. The molecule has 0 bridgehead atoms. The summed E-state index contributed by atoms with van der Waals surface area (Å²) in [6.45, 7) is 4.24. The molecule has 0 radical (unpaired) electrons.